The van der Waals surface area contributed by atoms with Crippen LogP contribution in [-0.4, -0.2) is 18.7 Å². The first-order valence-electron chi connectivity index (χ1n) is 2.71. The van der Waals surface area contributed by atoms with Crippen LogP contribution in [0.1, 0.15) is 6.92 Å². The lowest BCUT2D eigenvalue weighted by atomic mass is 10.6. The molecule has 0 unspecified atom stereocenters. The van der Waals surface area contributed by atoms with Gasteiger partial charge in [-0.05, 0) is 6.92 Å². The summed E-state index contributed by atoms with van der Waals surface area (Å²) in [5.74, 6) is -0.512. The molecule has 4 heteroatoms. The summed E-state index contributed by atoms with van der Waals surface area (Å²) in [6.45, 7) is 2.00. The number of hydrogen-bond acceptors (Lipinski definition) is 4. The van der Waals surface area contributed by atoms with Gasteiger partial charge in [0.05, 0.1) is 6.61 Å². The second-order valence-corrected chi connectivity index (χ2v) is 1.29. The van der Waals surface area contributed by atoms with E-state index in [9.17, 15) is 9.59 Å². The summed E-state index contributed by atoms with van der Waals surface area (Å²) in [4.78, 5) is 22.9. The van der Waals surface area contributed by atoms with Gasteiger partial charge in [-0.2, -0.15) is 4.99 Å². The van der Waals surface area contributed by atoms with Gasteiger partial charge in [-0.15, -0.1) is 0 Å². The SMILES string of the molecule is CCOC(=O)C=CN=C=O. The Morgan fingerprint density at radius 3 is 3.00 bits per heavy atom. The fraction of sp³-hybridized carbons (Fsp3) is 0.333. The maximum absolute atomic E-state index is 10.4. The smallest absolute Gasteiger partial charge is 0.332 e. The van der Waals surface area contributed by atoms with E-state index in [1.165, 1.54) is 6.08 Å². The van der Waals surface area contributed by atoms with Gasteiger partial charge in [0.25, 0.3) is 0 Å². The number of isocyanates is 1. The Hall–Kier alpha value is -1.41. The van der Waals surface area contributed by atoms with Crippen molar-refractivity contribution in [1.82, 2.24) is 0 Å². The number of aliphatic imine (C=N–C) groups is 1. The van der Waals surface area contributed by atoms with Gasteiger partial charge in [0, 0.05) is 12.3 Å². The molecule has 0 aromatic carbocycles. The molecule has 0 bridgehead atoms. The third-order valence-corrected chi connectivity index (χ3v) is 0.624. The molecular weight excluding hydrogens is 134 g/mol. The summed E-state index contributed by atoms with van der Waals surface area (Å²) in [5, 5.41) is 0. The first kappa shape index (κ1) is 8.59. The third-order valence-electron chi connectivity index (χ3n) is 0.624. The zero-order valence-electron chi connectivity index (χ0n) is 5.53. The summed E-state index contributed by atoms with van der Waals surface area (Å²) < 4.78 is 4.47. The number of ether oxygens (including phenoxy) is 1. The second-order valence-electron chi connectivity index (χ2n) is 1.29. The molecule has 0 saturated heterocycles. The standard InChI is InChI=1S/C6H7NO3/c1-2-10-6(9)3-4-7-5-8/h3-4H,2H2,1H3. The van der Waals surface area contributed by atoms with Crippen LogP contribution in [0.5, 0.6) is 0 Å². The minimum absolute atomic E-state index is 0.313. The maximum Gasteiger partial charge on any atom is 0.332 e. The van der Waals surface area contributed by atoms with Crippen molar-refractivity contribution in [1.29, 1.82) is 0 Å². The van der Waals surface area contributed by atoms with Crippen molar-refractivity contribution in [3.05, 3.63) is 12.3 Å². The number of rotatable bonds is 3. The molecule has 54 valence electrons. The van der Waals surface area contributed by atoms with Gasteiger partial charge < -0.3 is 4.74 Å². The summed E-state index contributed by atoms with van der Waals surface area (Å²) in [5.41, 5.74) is 0. The highest BCUT2D eigenvalue weighted by molar-refractivity contribution is 5.81. The van der Waals surface area contributed by atoms with Gasteiger partial charge >= 0.3 is 5.97 Å². The molecule has 0 rings (SSSR count). The maximum atomic E-state index is 10.4. The summed E-state index contributed by atoms with van der Waals surface area (Å²) in [6, 6.07) is 0. The van der Waals surface area contributed by atoms with Gasteiger partial charge in [0.2, 0.25) is 6.08 Å². The molecule has 4 nitrogen and oxygen atoms in total. The first-order valence-corrected chi connectivity index (χ1v) is 2.71. The van der Waals surface area contributed by atoms with E-state index in [0.29, 0.717) is 6.61 Å². The second kappa shape index (κ2) is 5.72. The van der Waals surface area contributed by atoms with E-state index < -0.39 is 5.97 Å². The normalized spacial score (nSPS) is 8.90. The van der Waals surface area contributed by atoms with E-state index in [0.717, 1.165) is 12.3 Å². The van der Waals surface area contributed by atoms with Crippen LogP contribution in [-0.2, 0) is 14.3 Å². The molecule has 0 saturated carbocycles. The quantitative estimate of drug-likeness (QED) is 0.247. The summed E-state index contributed by atoms with van der Waals surface area (Å²) in [7, 11) is 0. The minimum Gasteiger partial charge on any atom is -0.463 e. The van der Waals surface area contributed by atoms with E-state index in [1.807, 2.05) is 0 Å². The number of carbonyl (C=O) groups excluding carboxylic acids is 2. The highest BCUT2D eigenvalue weighted by atomic mass is 16.5. The predicted octanol–water partition coefficient (Wildman–Crippen LogP) is 0.399. The molecule has 0 aliphatic heterocycles. The first-order chi connectivity index (χ1) is 4.81. The van der Waals surface area contributed by atoms with Gasteiger partial charge in [-0.3, -0.25) is 0 Å². The van der Waals surface area contributed by atoms with Crippen LogP contribution >= 0.6 is 0 Å². The molecule has 0 aromatic rings. The number of carbonyl (C=O) groups is 1. The molecule has 0 N–H and O–H groups in total. The van der Waals surface area contributed by atoms with Crippen molar-refractivity contribution in [2.45, 2.75) is 6.92 Å². The fourth-order valence-electron chi connectivity index (χ4n) is 0.319. The Kier molecular flexibility index (Phi) is 4.91. The fourth-order valence-corrected chi connectivity index (χ4v) is 0.319. The van der Waals surface area contributed by atoms with Crippen molar-refractivity contribution >= 4 is 12.0 Å². The van der Waals surface area contributed by atoms with Gasteiger partial charge in [-0.1, -0.05) is 0 Å². The average Bonchev–Trinajstić information content (AvgIpc) is 1.89. The Morgan fingerprint density at radius 2 is 2.50 bits per heavy atom. The van der Waals surface area contributed by atoms with Crippen molar-refractivity contribution in [2.24, 2.45) is 4.99 Å². The number of hydrogen-bond donors (Lipinski definition) is 0. The van der Waals surface area contributed by atoms with E-state index >= 15 is 0 Å². The van der Waals surface area contributed by atoms with Crippen LogP contribution in [0.15, 0.2) is 17.3 Å². The van der Waals surface area contributed by atoms with Crippen molar-refractivity contribution in [3.8, 4) is 0 Å². The third kappa shape index (κ3) is 4.74. The lowest BCUT2D eigenvalue weighted by Gasteiger charge is -1.91. The Morgan fingerprint density at radius 1 is 1.80 bits per heavy atom. The largest absolute Gasteiger partial charge is 0.463 e. The highest BCUT2D eigenvalue weighted by Gasteiger charge is 1.89. The van der Waals surface area contributed by atoms with Gasteiger partial charge in [0.15, 0.2) is 0 Å². The van der Waals surface area contributed by atoms with E-state index in [-0.39, 0.29) is 0 Å². The number of nitrogens with zero attached hydrogens (tertiary/aromatic N) is 1. The highest BCUT2D eigenvalue weighted by Crippen LogP contribution is 1.80. The van der Waals surface area contributed by atoms with Crippen LogP contribution in [0.3, 0.4) is 0 Å². The van der Waals surface area contributed by atoms with Crippen molar-refractivity contribution in [3.63, 3.8) is 0 Å². The topological polar surface area (TPSA) is 55.7 Å². The number of esters is 1. The molecule has 0 aromatic heterocycles. The molecule has 0 fully saturated rings. The molecule has 0 aliphatic rings. The predicted molar refractivity (Wildman–Crippen MR) is 33.9 cm³/mol. The summed E-state index contributed by atoms with van der Waals surface area (Å²) >= 11 is 0. The molecule has 0 atom stereocenters. The van der Waals surface area contributed by atoms with Gasteiger partial charge in [0.1, 0.15) is 0 Å². The zero-order chi connectivity index (χ0) is 7.82. The van der Waals surface area contributed by atoms with E-state index in [1.54, 1.807) is 6.92 Å². The molecule has 0 aliphatic carbocycles. The Balaban J connectivity index is 3.66. The van der Waals surface area contributed by atoms with E-state index in [2.05, 4.69) is 9.73 Å². The molecule has 0 radical (unpaired) electrons. The van der Waals surface area contributed by atoms with E-state index in [4.69, 9.17) is 0 Å². The molecule has 0 spiro atoms. The van der Waals surface area contributed by atoms with Crippen molar-refractivity contribution < 1.29 is 14.3 Å². The van der Waals surface area contributed by atoms with Crippen LogP contribution in [0.25, 0.3) is 0 Å². The lowest BCUT2D eigenvalue weighted by Crippen LogP contribution is -1.98. The molecular formula is C6H7NO3. The van der Waals surface area contributed by atoms with Crippen LogP contribution in [0, 0.1) is 0 Å². The Labute approximate surface area is 58.2 Å². The monoisotopic (exact) mass is 141 g/mol. The molecule has 0 heterocycles. The Bertz CT molecular complexity index is 179. The average molecular weight is 141 g/mol. The zero-order valence-corrected chi connectivity index (χ0v) is 5.53. The van der Waals surface area contributed by atoms with Crippen molar-refractivity contribution in [2.75, 3.05) is 6.61 Å². The van der Waals surface area contributed by atoms with Crippen LogP contribution in [0.2, 0.25) is 0 Å². The lowest BCUT2D eigenvalue weighted by molar-refractivity contribution is -0.137. The van der Waals surface area contributed by atoms with Gasteiger partial charge in [-0.25, -0.2) is 9.59 Å². The van der Waals surface area contributed by atoms with Crippen LogP contribution < -0.4 is 0 Å². The molecule has 10 heavy (non-hydrogen) atoms. The minimum atomic E-state index is -0.512. The molecule has 0 amide bonds. The van der Waals surface area contributed by atoms with Crippen LogP contribution in [0.4, 0.5) is 0 Å². The summed E-state index contributed by atoms with van der Waals surface area (Å²) in [6.07, 6.45) is 3.33.